The van der Waals surface area contributed by atoms with Crippen LogP contribution in [0.1, 0.15) is 44.2 Å². The van der Waals surface area contributed by atoms with Gasteiger partial charge in [-0.15, -0.1) is 0 Å². The van der Waals surface area contributed by atoms with Gasteiger partial charge in [0.2, 0.25) is 5.91 Å². The number of nitrogens with zero attached hydrogens (tertiary/aromatic N) is 1. The maximum atomic E-state index is 13.0. The van der Waals surface area contributed by atoms with E-state index in [9.17, 15) is 10.1 Å². The number of carbonyl (C=O) groups is 1. The van der Waals surface area contributed by atoms with Crippen LogP contribution >= 0.6 is 15.9 Å². The summed E-state index contributed by atoms with van der Waals surface area (Å²) in [7, 11) is 0. The van der Waals surface area contributed by atoms with E-state index in [-0.39, 0.29) is 17.9 Å². The zero-order valence-electron chi connectivity index (χ0n) is 16.5. The molecule has 1 saturated carbocycles. The van der Waals surface area contributed by atoms with Crippen LogP contribution in [0.5, 0.6) is 5.75 Å². The molecule has 1 amide bonds. The van der Waals surface area contributed by atoms with Gasteiger partial charge in [0.05, 0.1) is 18.6 Å². The second kappa shape index (κ2) is 10.3. The quantitative estimate of drug-likeness (QED) is 0.601. The molecule has 3 rings (SSSR count). The van der Waals surface area contributed by atoms with E-state index in [0.717, 1.165) is 47.2 Å². The number of hydrogen-bond acceptors (Lipinski definition) is 4. The second-order valence-electron chi connectivity index (χ2n) is 7.22. The summed E-state index contributed by atoms with van der Waals surface area (Å²) in [5.74, 6) is 0.597. The summed E-state index contributed by atoms with van der Waals surface area (Å²) in [5.41, 5.74) is 1.75. The molecule has 2 aromatic carbocycles. The van der Waals surface area contributed by atoms with Crippen molar-refractivity contribution >= 4 is 27.5 Å². The molecule has 5 nitrogen and oxygen atoms in total. The van der Waals surface area contributed by atoms with Crippen LogP contribution in [-0.2, 0) is 4.79 Å². The summed E-state index contributed by atoms with van der Waals surface area (Å²) in [6, 6.07) is 16.9. The molecule has 0 aliphatic heterocycles. The largest absolute Gasteiger partial charge is 0.494 e. The van der Waals surface area contributed by atoms with Crippen LogP contribution in [0.2, 0.25) is 0 Å². The van der Waals surface area contributed by atoms with Crippen molar-refractivity contribution in [3.63, 3.8) is 0 Å². The maximum absolute atomic E-state index is 13.0. The number of nitriles is 1. The van der Waals surface area contributed by atoms with Gasteiger partial charge >= 0.3 is 0 Å². The highest BCUT2D eigenvalue weighted by molar-refractivity contribution is 9.10. The van der Waals surface area contributed by atoms with Crippen molar-refractivity contribution in [2.24, 2.45) is 5.92 Å². The van der Waals surface area contributed by atoms with Crippen molar-refractivity contribution < 1.29 is 9.53 Å². The number of halogens is 1. The number of rotatable bonds is 7. The number of ether oxygens (including phenoxy) is 1. The number of carbonyl (C=O) groups excluding carboxylic acids is 1. The molecule has 29 heavy (non-hydrogen) atoms. The monoisotopic (exact) mass is 455 g/mol. The van der Waals surface area contributed by atoms with Crippen molar-refractivity contribution in [1.29, 1.82) is 5.26 Å². The van der Waals surface area contributed by atoms with Crippen LogP contribution in [0.3, 0.4) is 0 Å². The zero-order chi connectivity index (χ0) is 20.6. The Hall–Kier alpha value is -2.52. The molecule has 0 heterocycles. The number of anilines is 1. The smallest absolute Gasteiger partial charge is 0.226 e. The predicted molar refractivity (Wildman–Crippen MR) is 118 cm³/mol. The Morgan fingerprint density at radius 3 is 2.69 bits per heavy atom. The normalized spacial score (nSPS) is 19.6. The molecule has 152 valence electrons. The Labute approximate surface area is 180 Å². The fourth-order valence-electron chi connectivity index (χ4n) is 3.77. The first-order valence-electron chi connectivity index (χ1n) is 10.1. The van der Waals surface area contributed by atoms with E-state index < -0.39 is 6.04 Å². The van der Waals surface area contributed by atoms with E-state index in [2.05, 4.69) is 32.6 Å². The first-order chi connectivity index (χ1) is 14.1. The van der Waals surface area contributed by atoms with Crippen LogP contribution < -0.4 is 15.4 Å². The van der Waals surface area contributed by atoms with Crippen molar-refractivity contribution in [3.05, 3.63) is 58.6 Å². The summed E-state index contributed by atoms with van der Waals surface area (Å²) < 4.78 is 6.38. The lowest BCUT2D eigenvalue weighted by Gasteiger charge is -2.32. The minimum Gasteiger partial charge on any atom is -0.494 e. The molecular formula is C23H26BrN3O2. The van der Waals surface area contributed by atoms with Gasteiger partial charge in [0, 0.05) is 16.2 Å². The van der Waals surface area contributed by atoms with Crippen molar-refractivity contribution in [2.75, 3.05) is 11.9 Å². The third-order valence-corrected chi connectivity index (χ3v) is 5.71. The Morgan fingerprint density at radius 2 is 2.00 bits per heavy atom. The summed E-state index contributed by atoms with van der Waals surface area (Å²) in [6.45, 7) is 2.59. The van der Waals surface area contributed by atoms with Gasteiger partial charge in [-0.2, -0.15) is 5.26 Å². The molecule has 0 spiro atoms. The lowest BCUT2D eigenvalue weighted by molar-refractivity contribution is -0.126. The number of nitrogens with one attached hydrogen (secondary N) is 2. The standard InChI is InChI=1S/C23H26BrN3O2/c1-2-29-19-12-10-18(11-13-19)26-21-9-4-3-8-20(21)23(28)27-22(15-25)16-6-5-7-17(24)14-16/h5-7,10-14,20-22,26H,2-4,8-9H2,1H3,(H,27,28)/t20-,21+,22?/m1/s1. The van der Waals surface area contributed by atoms with Gasteiger partial charge < -0.3 is 15.4 Å². The third kappa shape index (κ3) is 5.74. The Balaban J connectivity index is 1.68. The van der Waals surface area contributed by atoms with Gasteiger partial charge in [0.1, 0.15) is 11.8 Å². The average molecular weight is 456 g/mol. The molecule has 1 fully saturated rings. The van der Waals surface area contributed by atoms with E-state index in [1.807, 2.05) is 55.5 Å². The molecule has 2 N–H and O–H groups in total. The lowest BCUT2D eigenvalue weighted by atomic mass is 9.83. The molecule has 1 aliphatic rings. The van der Waals surface area contributed by atoms with Gasteiger partial charge in [0.15, 0.2) is 0 Å². The van der Waals surface area contributed by atoms with Crippen LogP contribution in [0.25, 0.3) is 0 Å². The van der Waals surface area contributed by atoms with Gasteiger partial charge in [-0.3, -0.25) is 4.79 Å². The van der Waals surface area contributed by atoms with Crippen LogP contribution in [0.4, 0.5) is 5.69 Å². The maximum Gasteiger partial charge on any atom is 0.226 e. The molecule has 1 aliphatic carbocycles. The molecule has 3 atom stereocenters. The van der Waals surface area contributed by atoms with Crippen molar-refractivity contribution in [3.8, 4) is 11.8 Å². The molecule has 0 aromatic heterocycles. The summed E-state index contributed by atoms with van der Waals surface area (Å²) in [5, 5.41) is 16.0. The van der Waals surface area contributed by atoms with Crippen LogP contribution in [0.15, 0.2) is 53.0 Å². The second-order valence-corrected chi connectivity index (χ2v) is 8.14. The Kier molecular flexibility index (Phi) is 7.54. The summed E-state index contributed by atoms with van der Waals surface area (Å²) in [4.78, 5) is 13.0. The molecule has 0 radical (unpaired) electrons. The highest BCUT2D eigenvalue weighted by Gasteiger charge is 2.32. The van der Waals surface area contributed by atoms with E-state index in [1.165, 1.54) is 0 Å². The SMILES string of the molecule is CCOc1ccc(N[C@H]2CCCC[C@H]2C(=O)NC(C#N)c2cccc(Br)c2)cc1. The fraction of sp³-hybridized carbons (Fsp3) is 0.391. The van der Waals surface area contributed by atoms with E-state index in [0.29, 0.717) is 6.61 Å². The molecular weight excluding hydrogens is 430 g/mol. The van der Waals surface area contributed by atoms with Crippen LogP contribution in [0, 0.1) is 17.2 Å². The topological polar surface area (TPSA) is 74.2 Å². The first-order valence-corrected chi connectivity index (χ1v) is 10.8. The van der Waals surface area contributed by atoms with Gasteiger partial charge in [-0.05, 0) is 61.7 Å². The average Bonchev–Trinajstić information content (AvgIpc) is 2.74. The van der Waals surface area contributed by atoms with Gasteiger partial charge in [0.25, 0.3) is 0 Å². The number of amides is 1. The van der Waals surface area contributed by atoms with Gasteiger partial charge in [-0.1, -0.05) is 40.9 Å². The highest BCUT2D eigenvalue weighted by atomic mass is 79.9. The third-order valence-electron chi connectivity index (χ3n) is 5.22. The zero-order valence-corrected chi connectivity index (χ0v) is 18.1. The number of benzene rings is 2. The van der Waals surface area contributed by atoms with Crippen LogP contribution in [-0.4, -0.2) is 18.6 Å². The molecule has 6 heteroatoms. The predicted octanol–water partition coefficient (Wildman–Crippen LogP) is 5.20. The van der Waals surface area contributed by atoms with Crippen molar-refractivity contribution in [2.45, 2.75) is 44.7 Å². The van der Waals surface area contributed by atoms with Gasteiger partial charge in [-0.25, -0.2) is 0 Å². The van der Waals surface area contributed by atoms with E-state index >= 15 is 0 Å². The fourth-order valence-corrected chi connectivity index (χ4v) is 4.19. The van der Waals surface area contributed by atoms with E-state index in [1.54, 1.807) is 0 Å². The molecule has 1 unspecified atom stereocenters. The van der Waals surface area contributed by atoms with Crippen molar-refractivity contribution in [1.82, 2.24) is 5.32 Å². The Morgan fingerprint density at radius 1 is 1.24 bits per heavy atom. The minimum absolute atomic E-state index is 0.0449. The summed E-state index contributed by atoms with van der Waals surface area (Å²) in [6.07, 6.45) is 3.86. The Bertz CT molecular complexity index is 863. The minimum atomic E-state index is -0.659. The highest BCUT2D eigenvalue weighted by Crippen LogP contribution is 2.29. The molecule has 0 bridgehead atoms. The number of hydrogen-bond donors (Lipinski definition) is 2. The van der Waals surface area contributed by atoms with E-state index in [4.69, 9.17) is 4.74 Å². The lowest BCUT2D eigenvalue weighted by Crippen LogP contribution is -2.43. The molecule has 2 aromatic rings. The molecule has 0 saturated heterocycles. The summed E-state index contributed by atoms with van der Waals surface area (Å²) >= 11 is 3.42. The first kappa shape index (κ1) is 21.2.